The highest BCUT2D eigenvalue weighted by molar-refractivity contribution is 8.07. The minimum absolute atomic E-state index is 0.261. The number of hydrogen-bond acceptors (Lipinski definition) is 3. The van der Waals surface area contributed by atoms with Crippen LogP contribution in [-0.4, -0.2) is 28.9 Å². The molecule has 0 radical (unpaired) electrons. The third-order valence-corrected chi connectivity index (χ3v) is 3.70. The maximum Gasteiger partial charge on any atom is 0.325 e. The molecule has 7 heteroatoms. The first-order valence-electron chi connectivity index (χ1n) is 3.72. The van der Waals surface area contributed by atoms with Gasteiger partial charge in [-0.05, 0) is 25.7 Å². The quantitative estimate of drug-likeness (QED) is 0.592. The van der Waals surface area contributed by atoms with Gasteiger partial charge in [0.25, 0.3) is 0 Å². The average molecular weight is 267 g/mol. The second-order valence-electron chi connectivity index (χ2n) is 2.61. The van der Waals surface area contributed by atoms with E-state index in [0.29, 0.717) is 0 Å². The van der Waals surface area contributed by atoms with E-state index in [-0.39, 0.29) is 24.0 Å². The van der Waals surface area contributed by atoms with Gasteiger partial charge < -0.3 is 13.9 Å². The number of alkyl halides is 2. The molecule has 2 unspecified atom stereocenters. The van der Waals surface area contributed by atoms with Gasteiger partial charge in [0.15, 0.2) is 0 Å². The van der Waals surface area contributed by atoms with Gasteiger partial charge in [-0.3, -0.25) is 0 Å². The Morgan fingerprint density at radius 2 is 1.54 bits per heavy atom. The molecule has 80 valence electrons. The fourth-order valence-electron chi connectivity index (χ4n) is 0.536. The molecule has 0 fully saturated rings. The fourth-order valence-corrected chi connectivity index (χ4v) is 2.83. The third kappa shape index (κ3) is 7.09. The molecule has 0 saturated heterocycles. The highest BCUT2D eigenvalue weighted by Gasteiger charge is 2.21. The van der Waals surface area contributed by atoms with Gasteiger partial charge in [0, 0.05) is 11.8 Å². The van der Waals surface area contributed by atoms with Gasteiger partial charge in [0.1, 0.15) is 0 Å². The summed E-state index contributed by atoms with van der Waals surface area (Å²) in [6.07, 6.45) is -0.639. The van der Waals surface area contributed by atoms with Crippen LogP contribution in [0.25, 0.3) is 0 Å². The van der Waals surface area contributed by atoms with E-state index >= 15 is 0 Å². The molecular formula is C6H13Cl2O3PS. The third-order valence-electron chi connectivity index (χ3n) is 1.06. The first kappa shape index (κ1) is 14.1. The molecule has 0 bridgehead atoms. The first-order valence-corrected chi connectivity index (χ1v) is 7.38. The second-order valence-corrected chi connectivity index (χ2v) is 5.97. The summed E-state index contributed by atoms with van der Waals surface area (Å²) in [6.45, 7) is 0.241. The van der Waals surface area contributed by atoms with Crippen LogP contribution < -0.4 is 0 Å². The predicted molar refractivity (Wildman–Crippen MR) is 59.0 cm³/mol. The van der Waals surface area contributed by atoms with Crippen LogP contribution in [0.1, 0.15) is 13.8 Å². The molecule has 0 amide bonds. The van der Waals surface area contributed by atoms with Crippen molar-refractivity contribution in [1.29, 1.82) is 0 Å². The Morgan fingerprint density at radius 3 is 1.77 bits per heavy atom. The predicted octanol–water partition coefficient (Wildman–Crippen LogP) is 2.49. The second kappa shape index (κ2) is 6.57. The maximum absolute atomic E-state index is 9.48. The smallest absolute Gasteiger partial charge is 0.324 e. The van der Waals surface area contributed by atoms with Crippen LogP contribution in [0.2, 0.25) is 0 Å². The summed E-state index contributed by atoms with van der Waals surface area (Å²) in [5, 5.41) is 0. The Kier molecular flexibility index (Phi) is 7.13. The van der Waals surface area contributed by atoms with Crippen molar-refractivity contribution in [2.45, 2.75) is 26.1 Å². The van der Waals surface area contributed by atoms with E-state index in [9.17, 15) is 4.89 Å². The Labute approximate surface area is 93.6 Å². The molecular weight excluding hydrogens is 254 g/mol. The normalized spacial score (nSPS) is 20.7. The van der Waals surface area contributed by atoms with Gasteiger partial charge in [-0.15, -0.1) is 23.2 Å². The van der Waals surface area contributed by atoms with E-state index in [0.717, 1.165) is 0 Å². The highest BCUT2D eigenvalue weighted by Crippen LogP contribution is 2.46. The van der Waals surface area contributed by atoms with E-state index in [1.807, 2.05) is 0 Å². The van der Waals surface area contributed by atoms with Crippen LogP contribution in [0.5, 0.6) is 0 Å². The summed E-state index contributed by atoms with van der Waals surface area (Å²) < 4.78 is 10.1. The number of halogens is 2. The monoisotopic (exact) mass is 266 g/mol. The van der Waals surface area contributed by atoms with Gasteiger partial charge in [-0.1, -0.05) is 0 Å². The van der Waals surface area contributed by atoms with E-state index < -0.39 is 6.72 Å². The molecule has 0 spiro atoms. The van der Waals surface area contributed by atoms with Crippen molar-refractivity contribution in [2.75, 3.05) is 11.8 Å². The molecule has 1 N–H and O–H groups in total. The largest absolute Gasteiger partial charge is 0.325 e. The standard InChI is InChI=1S/C6H13Cl2O3PS/c1-5(3-7)10-12(9,13)11-6(2)4-8/h5-6H,3-4H2,1-2H3,(H,9,13). The Hall–Kier alpha value is 1.11. The highest BCUT2D eigenvalue weighted by atomic mass is 35.5. The van der Waals surface area contributed by atoms with Gasteiger partial charge in [-0.25, -0.2) is 0 Å². The zero-order valence-electron chi connectivity index (χ0n) is 7.44. The lowest BCUT2D eigenvalue weighted by Gasteiger charge is -2.21. The summed E-state index contributed by atoms with van der Waals surface area (Å²) in [5.74, 6) is 0.523. The van der Waals surface area contributed by atoms with E-state index in [2.05, 4.69) is 0 Å². The Bertz CT molecular complexity index is 177. The van der Waals surface area contributed by atoms with Crippen molar-refractivity contribution in [2.24, 2.45) is 0 Å². The van der Waals surface area contributed by atoms with Crippen LogP contribution in [0.3, 0.4) is 0 Å². The summed E-state index contributed by atoms with van der Waals surface area (Å²) in [4.78, 5) is 9.48. The molecule has 0 saturated carbocycles. The minimum Gasteiger partial charge on any atom is -0.324 e. The van der Waals surface area contributed by atoms with Gasteiger partial charge in [-0.2, -0.15) is 0 Å². The van der Waals surface area contributed by atoms with E-state index in [1.54, 1.807) is 13.8 Å². The zero-order chi connectivity index (χ0) is 10.5. The van der Waals surface area contributed by atoms with Crippen molar-refractivity contribution in [1.82, 2.24) is 0 Å². The lowest BCUT2D eigenvalue weighted by Crippen LogP contribution is -2.13. The van der Waals surface area contributed by atoms with Gasteiger partial charge >= 0.3 is 6.72 Å². The molecule has 0 aliphatic rings. The molecule has 0 rings (SSSR count). The molecule has 0 aromatic heterocycles. The van der Waals surface area contributed by atoms with E-state index in [1.165, 1.54) is 0 Å². The summed E-state index contributed by atoms with van der Waals surface area (Å²) in [7, 11) is 0. The molecule has 0 aromatic rings. The van der Waals surface area contributed by atoms with Gasteiger partial charge in [0.05, 0.1) is 12.2 Å². The van der Waals surface area contributed by atoms with Crippen molar-refractivity contribution >= 4 is 41.7 Å². The molecule has 0 aliphatic carbocycles. The minimum atomic E-state index is -3.17. The fraction of sp³-hybridized carbons (Fsp3) is 1.00. The SMILES string of the molecule is CC(CCl)OP(O)(=S)OC(C)CCl. The van der Waals surface area contributed by atoms with Crippen molar-refractivity contribution < 1.29 is 13.9 Å². The Morgan fingerprint density at radius 1 is 1.23 bits per heavy atom. The molecule has 0 aromatic carbocycles. The average Bonchev–Trinajstić information content (AvgIpc) is 2.02. The van der Waals surface area contributed by atoms with E-state index in [4.69, 9.17) is 44.1 Å². The van der Waals surface area contributed by atoms with Crippen molar-refractivity contribution in [3.63, 3.8) is 0 Å². The van der Waals surface area contributed by atoms with Crippen LogP contribution >= 0.6 is 29.9 Å². The molecule has 0 aliphatic heterocycles. The van der Waals surface area contributed by atoms with Gasteiger partial charge in [0.2, 0.25) is 0 Å². The number of hydrogen-bond donors (Lipinski definition) is 1. The lowest BCUT2D eigenvalue weighted by molar-refractivity contribution is 0.139. The first-order chi connectivity index (χ1) is 5.91. The molecule has 0 heterocycles. The summed E-state index contributed by atoms with van der Waals surface area (Å²) in [6, 6.07) is 0. The Balaban J connectivity index is 4.00. The van der Waals surface area contributed by atoms with Crippen LogP contribution in [-0.2, 0) is 20.9 Å². The number of rotatable bonds is 6. The molecule has 2 atom stereocenters. The van der Waals surface area contributed by atoms with Crippen LogP contribution in [0.15, 0.2) is 0 Å². The summed E-state index contributed by atoms with van der Waals surface area (Å²) >= 11 is 15.7. The summed E-state index contributed by atoms with van der Waals surface area (Å²) in [5.41, 5.74) is 0. The maximum atomic E-state index is 9.48. The molecule has 13 heavy (non-hydrogen) atoms. The van der Waals surface area contributed by atoms with Crippen molar-refractivity contribution in [3.05, 3.63) is 0 Å². The van der Waals surface area contributed by atoms with Crippen LogP contribution in [0.4, 0.5) is 0 Å². The van der Waals surface area contributed by atoms with Crippen molar-refractivity contribution in [3.8, 4) is 0 Å². The lowest BCUT2D eigenvalue weighted by atomic mass is 10.5. The topological polar surface area (TPSA) is 38.7 Å². The van der Waals surface area contributed by atoms with Crippen LogP contribution in [0, 0.1) is 0 Å². The zero-order valence-corrected chi connectivity index (χ0v) is 10.7. The molecule has 3 nitrogen and oxygen atoms in total.